The number of carboxylic acid groups (broad SMARTS) is 2. The Hall–Kier alpha value is -3.71. The van der Waals surface area contributed by atoms with Crippen LogP contribution < -0.4 is 27.4 Å². The van der Waals surface area contributed by atoms with Crippen molar-refractivity contribution in [2.45, 2.75) is 63.2 Å². The van der Waals surface area contributed by atoms with Crippen LogP contribution in [0.1, 0.15) is 38.2 Å². The first-order chi connectivity index (χ1) is 16.4. The summed E-state index contributed by atoms with van der Waals surface area (Å²) in [5.74, 6) is -5.24. The molecule has 1 rings (SSSR count). The SMILES string of the molecule is CC(NC(=O)C(N)CCCCN)C(=O)NC(Cc1ccc(O)cc1)C(=O)NC(CC(=O)O)C(=O)O. The maximum absolute atomic E-state index is 12.8. The molecule has 0 aliphatic heterocycles. The summed E-state index contributed by atoms with van der Waals surface area (Å²) < 4.78 is 0. The smallest absolute Gasteiger partial charge is 0.326 e. The van der Waals surface area contributed by atoms with Gasteiger partial charge in [0.15, 0.2) is 0 Å². The first-order valence-electron chi connectivity index (χ1n) is 11.0. The summed E-state index contributed by atoms with van der Waals surface area (Å²) in [6, 6.07) is 0.783. The highest BCUT2D eigenvalue weighted by Crippen LogP contribution is 2.12. The van der Waals surface area contributed by atoms with Crippen molar-refractivity contribution in [1.82, 2.24) is 16.0 Å². The number of amides is 3. The van der Waals surface area contributed by atoms with Crippen LogP contribution in [0, 0.1) is 0 Å². The standard InChI is InChI=1S/C22H33N5O8/c1-12(25-20(32)15(24)4-2-3-9-23)19(31)26-16(10-13-5-7-14(28)8-6-13)21(33)27-17(22(34)35)11-18(29)30/h5-8,12,15-17,28H,2-4,9-11,23-24H2,1H3,(H,25,32)(H,26,31)(H,27,33)(H,29,30)(H,34,35). The van der Waals surface area contributed by atoms with Crippen LogP contribution >= 0.6 is 0 Å². The second kappa shape index (κ2) is 14.5. The number of unbranched alkanes of at least 4 members (excludes halogenated alkanes) is 1. The molecule has 0 bridgehead atoms. The molecule has 0 saturated heterocycles. The van der Waals surface area contributed by atoms with Gasteiger partial charge in [-0.2, -0.15) is 0 Å². The van der Waals surface area contributed by atoms with E-state index >= 15 is 0 Å². The zero-order chi connectivity index (χ0) is 26.5. The van der Waals surface area contributed by atoms with Crippen molar-refractivity contribution < 1.29 is 39.3 Å². The molecular formula is C22H33N5O8. The van der Waals surface area contributed by atoms with Crippen LogP contribution in [-0.4, -0.2) is 75.7 Å². The molecule has 13 nitrogen and oxygen atoms in total. The van der Waals surface area contributed by atoms with Crippen molar-refractivity contribution in [2.24, 2.45) is 11.5 Å². The van der Waals surface area contributed by atoms with E-state index in [0.29, 0.717) is 31.4 Å². The maximum Gasteiger partial charge on any atom is 0.326 e. The molecule has 13 heteroatoms. The summed E-state index contributed by atoms with van der Waals surface area (Å²) in [7, 11) is 0. The van der Waals surface area contributed by atoms with Crippen molar-refractivity contribution in [3.05, 3.63) is 29.8 Å². The van der Waals surface area contributed by atoms with E-state index in [1.165, 1.54) is 31.2 Å². The van der Waals surface area contributed by atoms with Crippen molar-refractivity contribution in [2.75, 3.05) is 6.54 Å². The molecule has 1 aromatic carbocycles. The lowest BCUT2D eigenvalue weighted by molar-refractivity contribution is -0.147. The monoisotopic (exact) mass is 495 g/mol. The summed E-state index contributed by atoms with van der Waals surface area (Å²) in [6.45, 7) is 1.85. The van der Waals surface area contributed by atoms with Gasteiger partial charge < -0.3 is 42.7 Å². The van der Waals surface area contributed by atoms with Crippen molar-refractivity contribution in [3.63, 3.8) is 0 Å². The van der Waals surface area contributed by atoms with Crippen LogP contribution in [0.3, 0.4) is 0 Å². The maximum atomic E-state index is 12.8. The third-order valence-electron chi connectivity index (χ3n) is 5.06. The van der Waals surface area contributed by atoms with Crippen LogP contribution in [0.15, 0.2) is 24.3 Å². The third kappa shape index (κ3) is 10.8. The van der Waals surface area contributed by atoms with Gasteiger partial charge in [0.1, 0.15) is 23.9 Å². The fourth-order valence-electron chi connectivity index (χ4n) is 3.05. The van der Waals surface area contributed by atoms with Gasteiger partial charge in [-0.3, -0.25) is 19.2 Å². The van der Waals surface area contributed by atoms with Crippen LogP contribution in [0.2, 0.25) is 0 Å². The Morgan fingerprint density at radius 1 is 0.886 bits per heavy atom. The number of rotatable bonds is 15. The van der Waals surface area contributed by atoms with Gasteiger partial charge in [0.2, 0.25) is 17.7 Å². The fourth-order valence-corrected chi connectivity index (χ4v) is 3.05. The number of aliphatic carboxylic acids is 2. The third-order valence-corrected chi connectivity index (χ3v) is 5.06. The Morgan fingerprint density at radius 3 is 2.03 bits per heavy atom. The molecule has 0 heterocycles. The number of benzene rings is 1. The van der Waals surface area contributed by atoms with Crippen molar-refractivity contribution >= 4 is 29.7 Å². The lowest BCUT2D eigenvalue weighted by Crippen LogP contribution is -2.57. The predicted molar refractivity (Wildman–Crippen MR) is 124 cm³/mol. The second-order valence-electron chi connectivity index (χ2n) is 8.05. The molecule has 4 atom stereocenters. The highest BCUT2D eigenvalue weighted by atomic mass is 16.4. The number of nitrogens with one attached hydrogen (secondary N) is 3. The summed E-state index contributed by atoms with van der Waals surface area (Å²) in [4.78, 5) is 60.0. The largest absolute Gasteiger partial charge is 0.508 e. The quantitative estimate of drug-likeness (QED) is 0.130. The average Bonchev–Trinajstić information content (AvgIpc) is 2.78. The molecule has 35 heavy (non-hydrogen) atoms. The van der Waals surface area contributed by atoms with Gasteiger partial charge in [-0.1, -0.05) is 18.6 Å². The van der Waals surface area contributed by atoms with Crippen LogP contribution in [0.5, 0.6) is 5.75 Å². The summed E-state index contributed by atoms with van der Waals surface area (Å²) >= 11 is 0. The van der Waals surface area contributed by atoms with Crippen LogP contribution in [-0.2, 0) is 30.4 Å². The molecule has 0 spiro atoms. The van der Waals surface area contributed by atoms with E-state index in [9.17, 15) is 34.2 Å². The molecule has 3 amide bonds. The number of carbonyl (C=O) groups is 5. The summed E-state index contributed by atoms with van der Waals surface area (Å²) in [6.07, 6.45) is 0.751. The molecule has 10 N–H and O–H groups in total. The number of aromatic hydroxyl groups is 1. The number of carbonyl (C=O) groups excluding carboxylic acids is 3. The molecule has 0 aromatic heterocycles. The van der Waals surface area contributed by atoms with E-state index in [4.69, 9.17) is 16.6 Å². The van der Waals surface area contributed by atoms with Gasteiger partial charge in [-0.15, -0.1) is 0 Å². The number of phenols is 1. The van der Waals surface area contributed by atoms with Crippen LogP contribution in [0.25, 0.3) is 0 Å². The fraction of sp³-hybridized carbons (Fsp3) is 0.500. The Bertz CT molecular complexity index is 892. The van der Waals surface area contributed by atoms with Crippen LogP contribution in [0.4, 0.5) is 0 Å². The average molecular weight is 496 g/mol. The molecule has 0 radical (unpaired) electrons. The highest BCUT2D eigenvalue weighted by molar-refractivity contribution is 5.94. The topological polar surface area (TPSA) is 234 Å². The minimum Gasteiger partial charge on any atom is -0.508 e. The first kappa shape index (κ1) is 29.3. The minimum absolute atomic E-state index is 0.0228. The number of carboxylic acids is 2. The number of nitrogens with two attached hydrogens (primary N) is 2. The summed E-state index contributed by atoms with van der Waals surface area (Å²) in [5.41, 5.74) is 11.8. The molecule has 4 unspecified atom stereocenters. The Balaban J connectivity index is 2.93. The first-order valence-corrected chi connectivity index (χ1v) is 11.0. The minimum atomic E-state index is -1.72. The normalized spacial score (nSPS) is 14.1. The predicted octanol–water partition coefficient (Wildman–Crippen LogP) is -1.58. The van der Waals surface area contributed by atoms with E-state index in [2.05, 4.69) is 16.0 Å². The Labute approximate surface area is 202 Å². The van der Waals surface area contributed by atoms with Gasteiger partial charge in [-0.25, -0.2) is 4.79 Å². The molecule has 0 aliphatic carbocycles. The molecule has 194 valence electrons. The van der Waals surface area contributed by atoms with E-state index in [0.717, 1.165) is 0 Å². The van der Waals surface area contributed by atoms with Gasteiger partial charge in [0, 0.05) is 6.42 Å². The molecular weight excluding hydrogens is 462 g/mol. The lowest BCUT2D eigenvalue weighted by Gasteiger charge is -2.23. The van der Waals surface area contributed by atoms with Gasteiger partial charge in [0.05, 0.1) is 12.5 Å². The zero-order valence-electron chi connectivity index (χ0n) is 19.4. The Kier molecular flexibility index (Phi) is 12.2. The van der Waals surface area contributed by atoms with Gasteiger partial charge in [0.25, 0.3) is 0 Å². The number of phenolic OH excluding ortho intramolecular Hbond substituents is 1. The van der Waals surface area contributed by atoms with E-state index in [-0.39, 0.29) is 12.2 Å². The molecule has 0 aliphatic rings. The van der Waals surface area contributed by atoms with E-state index in [1.54, 1.807) is 0 Å². The zero-order valence-corrected chi connectivity index (χ0v) is 19.4. The van der Waals surface area contributed by atoms with E-state index in [1.807, 2.05) is 0 Å². The van der Waals surface area contributed by atoms with Gasteiger partial charge >= 0.3 is 11.9 Å². The molecule has 0 saturated carbocycles. The van der Waals surface area contributed by atoms with Gasteiger partial charge in [-0.05, 0) is 44.0 Å². The van der Waals surface area contributed by atoms with Crippen molar-refractivity contribution in [3.8, 4) is 5.75 Å². The Morgan fingerprint density at radius 2 is 1.49 bits per heavy atom. The molecule has 0 fully saturated rings. The highest BCUT2D eigenvalue weighted by Gasteiger charge is 2.30. The second-order valence-corrected chi connectivity index (χ2v) is 8.05. The summed E-state index contributed by atoms with van der Waals surface area (Å²) in [5, 5.41) is 34.6. The molecule has 1 aromatic rings. The lowest BCUT2D eigenvalue weighted by atomic mass is 10.0. The number of hydrogen-bond acceptors (Lipinski definition) is 8. The number of hydrogen-bond donors (Lipinski definition) is 8. The van der Waals surface area contributed by atoms with Crippen molar-refractivity contribution in [1.29, 1.82) is 0 Å². The van der Waals surface area contributed by atoms with E-state index < -0.39 is 60.2 Å².